The number of carbonyl (C=O) groups is 2. The predicted octanol–water partition coefficient (Wildman–Crippen LogP) is 5.29. The van der Waals surface area contributed by atoms with Gasteiger partial charge in [0.2, 0.25) is 0 Å². The molecule has 11 heteroatoms. The Bertz CT molecular complexity index is 1640. The molecule has 1 saturated heterocycles. The van der Waals surface area contributed by atoms with Crippen molar-refractivity contribution < 1.29 is 19.1 Å². The van der Waals surface area contributed by atoms with Crippen LogP contribution in [-0.4, -0.2) is 64.8 Å². The van der Waals surface area contributed by atoms with E-state index < -0.39 is 6.04 Å². The van der Waals surface area contributed by atoms with Crippen LogP contribution < -0.4 is 11.2 Å². The van der Waals surface area contributed by atoms with Gasteiger partial charge in [-0.15, -0.1) is 11.3 Å². The molecule has 2 atom stereocenters. The van der Waals surface area contributed by atoms with Gasteiger partial charge >= 0.3 is 0 Å². The average molecular weight is 633 g/mol. The van der Waals surface area contributed by atoms with Crippen LogP contribution in [0.5, 0.6) is 0 Å². The first-order valence-corrected chi connectivity index (χ1v) is 16.5. The van der Waals surface area contributed by atoms with Gasteiger partial charge in [-0.05, 0) is 62.9 Å². The molecule has 4 aromatic rings. The minimum absolute atomic E-state index is 0.0929. The fourth-order valence-corrected chi connectivity index (χ4v) is 6.99. The molecule has 45 heavy (non-hydrogen) atoms. The minimum Gasteiger partial charge on any atom is -0.467 e. The zero-order valence-electron chi connectivity index (χ0n) is 26.8. The third-order valence-electron chi connectivity index (χ3n) is 8.45. The van der Waals surface area contributed by atoms with E-state index in [1.54, 1.807) is 18.3 Å². The molecule has 1 fully saturated rings. The Kier molecular flexibility index (Phi) is 10.3. The highest BCUT2D eigenvalue weighted by Crippen LogP contribution is 2.41. The average Bonchev–Trinajstić information content (AvgIpc) is 3.65. The molecule has 3 N–H and O–H groups in total. The van der Waals surface area contributed by atoms with Crippen LogP contribution in [0.2, 0.25) is 0 Å². The first-order chi connectivity index (χ1) is 21.7. The lowest BCUT2D eigenvalue weighted by Gasteiger charge is -2.29. The normalized spacial score (nSPS) is 15.3. The van der Waals surface area contributed by atoms with Crippen molar-refractivity contribution in [2.75, 3.05) is 26.8 Å². The van der Waals surface area contributed by atoms with Crippen LogP contribution in [0.25, 0.3) is 33.4 Å². The number of rotatable bonds is 13. The summed E-state index contributed by atoms with van der Waals surface area (Å²) in [6.45, 7) is 11.4. The number of amides is 1. The number of pyridine rings is 1. The quantitative estimate of drug-likeness (QED) is 0.191. The van der Waals surface area contributed by atoms with Crippen LogP contribution in [0, 0.1) is 5.41 Å². The van der Waals surface area contributed by atoms with Crippen LogP contribution in [-0.2, 0) is 38.4 Å². The number of hydrogen-bond acceptors (Lipinski definition) is 9. The van der Waals surface area contributed by atoms with Crippen LogP contribution in [0.3, 0.4) is 0 Å². The van der Waals surface area contributed by atoms with Crippen LogP contribution >= 0.6 is 11.3 Å². The Morgan fingerprint density at radius 1 is 1.27 bits per heavy atom. The number of hydrogen-bond donors (Lipinski definition) is 2. The summed E-state index contributed by atoms with van der Waals surface area (Å²) in [6, 6.07) is 9.88. The van der Waals surface area contributed by atoms with Gasteiger partial charge in [0.05, 0.1) is 40.8 Å². The van der Waals surface area contributed by atoms with E-state index in [0.29, 0.717) is 32.5 Å². The Morgan fingerprint density at radius 2 is 2.09 bits per heavy atom. The number of benzene rings is 1. The maximum atomic E-state index is 12.9. The number of methoxy groups -OCH3 is 1. The topological polar surface area (TPSA) is 125 Å². The number of aryl methyl sites for hydroxylation is 1. The van der Waals surface area contributed by atoms with Crippen molar-refractivity contribution in [1.82, 2.24) is 25.0 Å². The van der Waals surface area contributed by atoms with Gasteiger partial charge in [-0.25, -0.2) is 10.4 Å². The molecule has 1 amide bonds. The van der Waals surface area contributed by atoms with Crippen molar-refractivity contribution in [3.05, 3.63) is 58.2 Å². The molecule has 0 spiro atoms. The van der Waals surface area contributed by atoms with Crippen molar-refractivity contribution in [2.24, 2.45) is 11.1 Å². The molecule has 4 heterocycles. The molecule has 0 saturated carbocycles. The third kappa shape index (κ3) is 7.12. The molecule has 240 valence electrons. The largest absolute Gasteiger partial charge is 0.467 e. The predicted molar refractivity (Wildman–Crippen MR) is 178 cm³/mol. The van der Waals surface area contributed by atoms with E-state index in [-0.39, 0.29) is 17.4 Å². The molecule has 0 radical (unpaired) electrons. The van der Waals surface area contributed by atoms with Gasteiger partial charge in [-0.3, -0.25) is 19.6 Å². The second-order valence-electron chi connectivity index (χ2n) is 12.4. The molecular formula is C34H44N6O4S. The number of fused-ring (bicyclic) bond motifs is 1. The lowest BCUT2D eigenvalue weighted by atomic mass is 9.84. The summed E-state index contributed by atoms with van der Waals surface area (Å²) >= 11 is 1.52. The Balaban J connectivity index is 1.56. The highest BCUT2D eigenvalue weighted by molar-refractivity contribution is 7.10. The Morgan fingerprint density at radius 3 is 2.80 bits per heavy atom. The van der Waals surface area contributed by atoms with Gasteiger partial charge in [0.15, 0.2) is 0 Å². The second kappa shape index (κ2) is 14.2. The number of carbonyl (C=O) groups excluding carboxylic acids is 2. The molecule has 1 aliphatic rings. The van der Waals surface area contributed by atoms with E-state index in [2.05, 4.69) is 55.0 Å². The second-order valence-corrected chi connectivity index (χ2v) is 13.4. The number of hydrazine groups is 1. The molecule has 1 aromatic carbocycles. The van der Waals surface area contributed by atoms with E-state index in [9.17, 15) is 9.59 Å². The molecular weight excluding hydrogens is 588 g/mol. The zero-order chi connectivity index (χ0) is 32.1. The molecule has 0 bridgehead atoms. The number of ether oxygens (including phenoxy) is 2. The highest BCUT2D eigenvalue weighted by Gasteiger charge is 2.29. The summed E-state index contributed by atoms with van der Waals surface area (Å²) in [6.07, 6.45) is 4.70. The summed E-state index contributed by atoms with van der Waals surface area (Å²) in [7, 11) is 1.70. The standard InChI is InChI=1S/C34H44N6O4S/c1-6-39-29-12-11-23(28-19-45-30(38-28)17-27(35)33(42)40-15-8-7-14-37-40)16-25(29)26(18-34(3,4)20-44-21-41)32(39)24-10-9-13-36-31(24)22(2)43-5/h9-13,16,19,21-22,27,37H,6-8,14-15,17-18,20,35H2,1-5H3/t22-,27-/m0/s1. The minimum atomic E-state index is -0.649. The van der Waals surface area contributed by atoms with Gasteiger partial charge in [-0.2, -0.15) is 0 Å². The smallest absolute Gasteiger partial charge is 0.293 e. The van der Waals surface area contributed by atoms with Gasteiger partial charge < -0.3 is 19.8 Å². The maximum absolute atomic E-state index is 12.9. The third-order valence-corrected chi connectivity index (χ3v) is 9.32. The molecule has 5 rings (SSSR count). The first kappa shape index (κ1) is 32.7. The lowest BCUT2D eigenvalue weighted by Crippen LogP contribution is -2.53. The zero-order valence-corrected chi connectivity index (χ0v) is 27.7. The Labute approximate surface area is 268 Å². The van der Waals surface area contributed by atoms with E-state index >= 15 is 0 Å². The fourth-order valence-electron chi connectivity index (χ4n) is 6.13. The molecule has 3 aromatic heterocycles. The summed E-state index contributed by atoms with van der Waals surface area (Å²) < 4.78 is 13.3. The molecule has 0 unspecified atom stereocenters. The SMILES string of the molecule is CCn1c(-c2cccnc2[C@H](C)OC)c(CC(C)(C)COC=O)c2cc(-c3csc(C[C@H](N)C(=O)N4CCCCN4)n3)ccc21. The van der Waals surface area contributed by atoms with E-state index in [1.807, 2.05) is 18.4 Å². The van der Waals surface area contributed by atoms with Crippen LogP contribution in [0.1, 0.15) is 62.9 Å². The van der Waals surface area contributed by atoms with E-state index in [0.717, 1.165) is 75.6 Å². The fraction of sp³-hybridized carbons (Fsp3) is 0.471. The van der Waals surface area contributed by atoms with Crippen molar-refractivity contribution in [3.8, 4) is 22.5 Å². The van der Waals surface area contributed by atoms with Gasteiger partial charge in [0, 0.05) is 72.2 Å². The number of nitrogens with two attached hydrogens (primary N) is 1. The molecule has 1 aliphatic heterocycles. The molecule has 0 aliphatic carbocycles. The summed E-state index contributed by atoms with van der Waals surface area (Å²) in [5.74, 6) is -0.0929. The monoisotopic (exact) mass is 632 g/mol. The number of thiazole rings is 1. The Hall–Kier alpha value is -3.64. The number of nitrogens with zero attached hydrogens (tertiary/aromatic N) is 4. The van der Waals surface area contributed by atoms with Crippen LogP contribution in [0.4, 0.5) is 0 Å². The lowest BCUT2D eigenvalue weighted by molar-refractivity contribution is -0.137. The maximum Gasteiger partial charge on any atom is 0.293 e. The number of aromatic nitrogens is 3. The first-order valence-electron chi connectivity index (χ1n) is 15.6. The number of nitrogens with one attached hydrogen (secondary N) is 1. The van der Waals surface area contributed by atoms with Crippen molar-refractivity contribution in [3.63, 3.8) is 0 Å². The van der Waals surface area contributed by atoms with E-state index in [4.69, 9.17) is 25.2 Å². The summed E-state index contributed by atoms with van der Waals surface area (Å²) in [4.78, 5) is 33.6. The van der Waals surface area contributed by atoms with Gasteiger partial charge in [0.1, 0.15) is 0 Å². The van der Waals surface area contributed by atoms with Crippen molar-refractivity contribution in [2.45, 2.75) is 72.1 Å². The summed E-state index contributed by atoms with van der Waals surface area (Å²) in [5.41, 5.74) is 16.2. The highest BCUT2D eigenvalue weighted by atomic mass is 32.1. The molecule has 10 nitrogen and oxygen atoms in total. The van der Waals surface area contributed by atoms with Crippen molar-refractivity contribution >= 4 is 34.6 Å². The van der Waals surface area contributed by atoms with Gasteiger partial charge in [0.25, 0.3) is 12.4 Å². The van der Waals surface area contributed by atoms with Crippen molar-refractivity contribution in [1.29, 1.82) is 0 Å². The summed E-state index contributed by atoms with van der Waals surface area (Å²) in [5, 5.41) is 5.62. The van der Waals surface area contributed by atoms with E-state index in [1.165, 1.54) is 11.3 Å². The van der Waals surface area contributed by atoms with Gasteiger partial charge in [-0.1, -0.05) is 19.9 Å². The van der Waals surface area contributed by atoms with Crippen LogP contribution in [0.15, 0.2) is 41.9 Å².